The van der Waals surface area contributed by atoms with Crippen LogP contribution in [0.4, 0.5) is 18.9 Å². The quantitative estimate of drug-likeness (QED) is 0.712. The minimum atomic E-state index is -4.65. The van der Waals surface area contributed by atoms with Gasteiger partial charge in [0.2, 0.25) is 0 Å². The van der Waals surface area contributed by atoms with Crippen LogP contribution >= 0.6 is 22.6 Å². The summed E-state index contributed by atoms with van der Waals surface area (Å²) in [6, 6.07) is 11.9. The zero-order valence-corrected chi connectivity index (χ0v) is 13.3. The number of rotatable bonds is 4. The lowest BCUT2D eigenvalue weighted by Crippen LogP contribution is -2.17. The second-order valence-electron chi connectivity index (χ2n) is 4.50. The third kappa shape index (κ3) is 5.11. The number of nitrogens with one attached hydrogen (secondary N) is 1. The summed E-state index contributed by atoms with van der Waals surface area (Å²) in [5, 5.41) is 3.26. The molecule has 2 aromatic carbocycles. The van der Waals surface area contributed by atoms with Gasteiger partial charge in [-0.2, -0.15) is 0 Å². The highest BCUT2D eigenvalue weighted by Gasteiger charge is 2.30. The van der Waals surface area contributed by atoms with Crippen molar-refractivity contribution >= 4 is 28.3 Å². The molecule has 112 valence electrons. The molecular formula is C15H13F3INO. The van der Waals surface area contributed by atoms with E-state index in [0.717, 1.165) is 20.4 Å². The lowest BCUT2D eigenvalue weighted by atomic mass is 10.1. The molecule has 21 heavy (non-hydrogen) atoms. The average Bonchev–Trinajstić information content (AvgIpc) is 2.38. The van der Waals surface area contributed by atoms with Crippen molar-refractivity contribution in [1.29, 1.82) is 0 Å². The maximum Gasteiger partial charge on any atom is 0.573 e. The van der Waals surface area contributed by atoms with Crippen LogP contribution in [0.5, 0.6) is 5.75 Å². The summed E-state index contributed by atoms with van der Waals surface area (Å²) in [5.74, 6) is -0.211. The minimum Gasteiger partial charge on any atom is -0.406 e. The lowest BCUT2D eigenvalue weighted by molar-refractivity contribution is -0.274. The highest BCUT2D eigenvalue weighted by molar-refractivity contribution is 14.1. The van der Waals surface area contributed by atoms with Gasteiger partial charge >= 0.3 is 6.36 Å². The molecule has 6 heteroatoms. The van der Waals surface area contributed by atoms with Gasteiger partial charge < -0.3 is 10.1 Å². The Hall–Kier alpha value is -1.44. The van der Waals surface area contributed by atoms with E-state index in [-0.39, 0.29) is 5.75 Å². The first kappa shape index (κ1) is 15.9. The molecular weight excluding hydrogens is 394 g/mol. The average molecular weight is 407 g/mol. The molecule has 0 aromatic heterocycles. The van der Waals surface area contributed by atoms with Gasteiger partial charge in [0.15, 0.2) is 0 Å². The van der Waals surface area contributed by atoms with Gasteiger partial charge in [0.05, 0.1) is 0 Å². The predicted molar refractivity (Wildman–Crippen MR) is 84.3 cm³/mol. The Morgan fingerprint density at radius 1 is 1.10 bits per heavy atom. The maximum absolute atomic E-state index is 12.1. The van der Waals surface area contributed by atoms with E-state index in [0.29, 0.717) is 6.54 Å². The summed E-state index contributed by atoms with van der Waals surface area (Å²) >= 11 is 2.24. The van der Waals surface area contributed by atoms with Crippen molar-refractivity contribution < 1.29 is 17.9 Å². The van der Waals surface area contributed by atoms with Crippen molar-refractivity contribution in [1.82, 2.24) is 0 Å². The number of benzene rings is 2. The van der Waals surface area contributed by atoms with E-state index >= 15 is 0 Å². The molecule has 0 spiro atoms. The van der Waals surface area contributed by atoms with Gasteiger partial charge in [-0.3, -0.25) is 0 Å². The predicted octanol–water partition coefficient (Wildman–Crippen LogP) is 5.11. The van der Waals surface area contributed by atoms with Gasteiger partial charge in [-0.15, -0.1) is 13.2 Å². The second-order valence-corrected chi connectivity index (χ2v) is 5.75. The fourth-order valence-electron chi connectivity index (χ4n) is 1.83. The van der Waals surface area contributed by atoms with E-state index in [1.165, 1.54) is 12.1 Å². The molecule has 0 aliphatic carbocycles. The largest absolute Gasteiger partial charge is 0.573 e. The zero-order chi connectivity index (χ0) is 15.5. The van der Waals surface area contributed by atoms with Crippen LogP contribution in [-0.2, 0) is 6.54 Å². The van der Waals surface area contributed by atoms with Crippen molar-refractivity contribution in [2.45, 2.75) is 19.8 Å². The number of hydrogen-bond donors (Lipinski definition) is 1. The summed E-state index contributed by atoms with van der Waals surface area (Å²) in [6.07, 6.45) is -4.65. The first-order chi connectivity index (χ1) is 9.83. The topological polar surface area (TPSA) is 21.3 Å². The number of aryl methyl sites for hydroxylation is 1. The molecule has 0 radical (unpaired) electrons. The monoisotopic (exact) mass is 407 g/mol. The normalized spacial score (nSPS) is 11.3. The molecule has 0 aliphatic heterocycles. The van der Waals surface area contributed by atoms with Crippen LogP contribution in [0.15, 0.2) is 42.5 Å². The summed E-state index contributed by atoms with van der Waals surface area (Å²) in [4.78, 5) is 0. The standard InChI is InChI=1S/C15H13F3INO/c1-10-8-12(19)4-7-14(10)20-9-11-2-5-13(6-3-11)21-15(16,17)18/h2-8,20H,9H2,1H3. The Kier molecular flexibility index (Phi) is 4.97. The number of halogens is 4. The molecule has 0 saturated heterocycles. The Morgan fingerprint density at radius 2 is 1.76 bits per heavy atom. The van der Waals surface area contributed by atoms with Crippen LogP contribution in [0.25, 0.3) is 0 Å². The number of anilines is 1. The van der Waals surface area contributed by atoms with Gasteiger partial charge in [0, 0.05) is 15.8 Å². The molecule has 0 bridgehead atoms. The van der Waals surface area contributed by atoms with Crippen molar-refractivity contribution in [2.24, 2.45) is 0 Å². The Morgan fingerprint density at radius 3 is 2.33 bits per heavy atom. The van der Waals surface area contributed by atoms with E-state index in [9.17, 15) is 13.2 Å². The van der Waals surface area contributed by atoms with Crippen molar-refractivity contribution in [3.63, 3.8) is 0 Å². The zero-order valence-electron chi connectivity index (χ0n) is 11.2. The summed E-state index contributed by atoms with van der Waals surface area (Å²) in [7, 11) is 0. The molecule has 2 aromatic rings. The van der Waals surface area contributed by atoms with Crippen molar-refractivity contribution in [3.8, 4) is 5.75 Å². The van der Waals surface area contributed by atoms with Crippen LogP contribution < -0.4 is 10.1 Å². The molecule has 0 amide bonds. The molecule has 2 nitrogen and oxygen atoms in total. The van der Waals surface area contributed by atoms with Gasteiger partial charge in [-0.1, -0.05) is 12.1 Å². The summed E-state index contributed by atoms with van der Waals surface area (Å²) in [5.41, 5.74) is 3.01. The highest BCUT2D eigenvalue weighted by Crippen LogP contribution is 2.23. The first-order valence-electron chi connectivity index (χ1n) is 6.18. The second kappa shape index (κ2) is 6.55. The number of ether oxygens (including phenoxy) is 1. The van der Waals surface area contributed by atoms with Gasteiger partial charge in [0.25, 0.3) is 0 Å². The first-order valence-corrected chi connectivity index (χ1v) is 7.26. The molecule has 2 rings (SSSR count). The fourth-order valence-corrected chi connectivity index (χ4v) is 2.48. The van der Waals surface area contributed by atoms with Gasteiger partial charge in [-0.05, 0) is 71.0 Å². The number of hydrogen-bond acceptors (Lipinski definition) is 2. The Balaban J connectivity index is 1.97. The Bertz CT molecular complexity index is 611. The maximum atomic E-state index is 12.1. The Labute approximate surface area is 134 Å². The van der Waals surface area contributed by atoms with Crippen LogP contribution in [0.3, 0.4) is 0 Å². The number of alkyl halides is 3. The summed E-state index contributed by atoms with van der Waals surface area (Å²) in [6.45, 7) is 2.54. The van der Waals surface area contributed by atoms with Gasteiger partial charge in [-0.25, -0.2) is 0 Å². The van der Waals surface area contributed by atoms with E-state index < -0.39 is 6.36 Å². The van der Waals surface area contributed by atoms with Crippen molar-refractivity contribution in [2.75, 3.05) is 5.32 Å². The molecule has 0 saturated carbocycles. The SMILES string of the molecule is Cc1cc(I)ccc1NCc1ccc(OC(F)(F)F)cc1. The van der Waals surface area contributed by atoms with E-state index in [2.05, 4.69) is 38.7 Å². The molecule has 1 N–H and O–H groups in total. The molecule has 0 atom stereocenters. The van der Waals surface area contributed by atoms with Gasteiger partial charge in [0.1, 0.15) is 5.75 Å². The highest BCUT2D eigenvalue weighted by atomic mass is 127. The van der Waals surface area contributed by atoms with E-state index in [1.807, 2.05) is 19.1 Å². The van der Waals surface area contributed by atoms with Crippen LogP contribution in [-0.4, -0.2) is 6.36 Å². The van der Waals surface area contributed by atoms with E-state index in [1.54, 1.807) is 12.1 Å². The fraction of sp³-hybridized carbons (Fsp3) is 0.200. The molecule has 0 heterocycles. The van der Waals surface area contributed by atoms with Crippen LogP contribution in [0.1, 0.15) is 11.1 Å². The molecule has 0 aliphatic rings. The lowest BCUT2D eigenvalue weighted by Gasteiger charge is -2.11. The smallest absolute Gasteiger partial charge is 0.406 e. The van der Waals surface area contributed by atoms with Crippen LogP contribution in [0.2, 0.25) is 0 Å². The third-order valence-electron chi connectivity index (χ3n) is 2.83. The minimum absolute atomic E-state index is 0.211. The van der Waals surface area contributed by atoms with Crippen molar-refractivity contribution in [3.05, 3.63) is 57.2 Å². The molecule has 0 unspecified atom stereocenters. The molecule has 0 fully saturated rings. The third-order valence-corrected chi connectivity index (χ3v) is 3.50. The van der Waals surface area contributed by atoms with E-state index in [4.69, 9.17) is 0 Å². The van der Waals surface area contributed by atoms with Crippen LogP contribution in [0, 0.1) is 10.5 Å². The summed E-state index contributed by atoms with van der Waals surface area (Å²) < 4.78 is 41.1.